The van der Waals surface area contributed by atoms with Crippen LogP contribution in [0.5, 0.6) is 0 Å². The van der Waals surface area contributed by atoms with Gasteiger partial charge in [0.15, 0.2) is 6.29 Å². The minimum Gasteiger partial charge on any atom is -0.356 e. The second-order valence-corrected chi connectivity index (χ2v) is 4.20. The van der Waals surface area contributed by atoms with E-state index in [9.17, 15) is 0 Å². The lowest BCUT2D eigenvalue weighted by Crippen LogP contribution is -2.46. The molecule has 2 unspecified atom stereocenters. The van der Waals surface area contributed by atoms with Gasteiger partial charge in [-0.3, -0.25) is 0 Å². The summed E-state index contributed by atoms with van der Waals surface area (Å²) in [5, 5.41) is 0. The summed E-state index contributed by atoms with van der Waals surface area (Å²) >= 11 is 0. The topological polar surface area (TPSA) is 22.8 Å². The van der Waals surface area contributed by atoms with Gasteiger partial charge in [-0.25, -0.2) is 6.57 Å². The van der Waals surface area contributed by atoms with Crippen molar-refractivity contribution in [3.8, 4) is 0 Å². The van der Waals surface area contributed by atoms with Crippen LogP contribution in [0.2, 0.25) is 0 Å². The van der Waals surface area contributed by atoms with Crippen molar-refractivity contribution < 1.29 is 9.47 Å². The summed E-state index contributed by atoms with van der Waals surface area (Å²) in [4.78, 5) is 3.41. The Hall–Kier alpha value is -0.590. The van der Waals surface area contributed by atoms with E-state index >= 15 is 0 Å². The van der Waals surface area contributed by atoms with E-state index in [-0.39, 0.29) is 12.4 Å². The molecular weight excluding hydrogens is 178 g/mol. The molecule has 14 heavy (non-hydrogen) atoms. The fourth-order valence-electron chi connectivity index (χ4n) is 2.05. The Labute approximate surface area is 86.2 Å². The van der Waals surface area contributed by atoms with E-state index in [0.717, 1.165) is 0 Å². The van der Waals surface area contributed by atoms with Crippen molar-refractivity contribution in [1.29, 1.82) is 0 Å². The Kier molecular flexibility index (Phi) is 3.91. The van der Waals surface area contributed by atoms with E-state index in [0.29, 0.717) is 24.3 Å². The molecule has 0 amide bonds. The number of rotatable bonds is 2. The van der Waals surface area contributed by atoms with Gasteiger partial charge in [0.25, 0.3) is 0 Å². The fourth-order valence-corrected chi connectivity index (χ4v) is 2.05. The van der Waals surface area contributed by atoms with Crippen molar-refractivity contribution in [2.24, 2.45) is 17.8 Å². The van der Waals surface area contributed by atoms with Crippen molar-refractivity contribution >= 4 is 0 Å². The molecule has 0 aromatic heterocycles. The summed E-state index contributed by atoms with van der Waals surface area (Å²) in [6.45, 7) is 13.8. The first-order chi connectivity index (χ1) is 6.61. The van der Waals surface area contributed by atoms with Crippen LogP contribution in [-0.2, 0) is 9.47 Å². The van der Waals surface area contributed by atoms with Gasteiger partial charge in [0.1, 0.15) is 6.10 Å². The molecule has 3 nitrogen and oxygen atoms in total. The van der Waals surface area contributed by atoms with Gasteiger partial charge >= 0.3 is 0 Å². The zero-order chi connectivity index (χ0) is 10.7. The zero-order valence-electron chi connectivity index (χ0n) is 9.36. The average Bonchev–Trinajstić information content (AvgIpc) is 2.19. The Morgan fingerprint density at radius 2 is 1.86 bits per heavy atom. The molecule has 0 spiro atoms. The Balaban J connectivity index is 2.69. The monoisotopic (exact) mass is 197 g/mol. The van der Waals surface area contributed by atoms with E-state index in [4.69, 9.17) is 16.0 Å². The maximum Gasteiger partial charge on any atom is 0.240 e. The van der Waals surface area contributed by atoms with Gasteiger partial charge in [-0.1, -0.05) is 20.8 Å². The SMILES string of the molecule is [C-]#[N+]CC1O[C@@H](OC)[C@@H](C)[C@@H](C)C1C. The van der Waals surface area contributed by atoms with Gasteiger partial charge < -0.3 is 14.3 Å². The highest BCUT2D eigenvalue weighted by molar-refractivity contribution is 4.86. The third kappa shape index (κ3) is 2.08. The van der Waals surface area contributed by atoms with Gasteiger partial charge in [0, 0.05) is 13.0 Å². The number of methoxy groups -OCH3 is 1. The van der Waals surface area contributed by atoms with Gasteiger partial charge in [0.05, 0.1) is 0 Å². The lowest BCUT2D eigenvalue weighted by Gasteiger charge is -2.41. The Morgan fingerprint density at radius 1 is 1.21 bits per heavy atom. The molecule has 0 aromatic rings. The maximum atomic E-state index is 6.87. The van der Waals surface area contributed by atoms with Crippen molar-refractivity contribution in [3.05, 3.63) is 11.4 Å². The molecule has 0 N–H and O–H groups in total. The molecule has 0 saturated carbocycles. The van der Waals surface area contributed by atoms with Crippen LogP contribution in [0.15, 0.2) is 0 Å². The van der Waals surface area contributed by atoms with E-state index in [2.05, 4.69) is 25.6 Å². The van der Waals surface area contributed by atoms with Crippen LogP contribution in [0.4, 0.5) is 0 Å². The average molecular weight is 197 g/mol. The van der Waals surface area contributed by atoms with E-state index < -0.39 is 0 Å². The molecule has 80 valence electrons. The number of hydrogen-bond donors (Lipinski definition) is 0. The van der Waals surface area contributed by atoms with Crippen LogP contribution in [-0.4, -0.2) is 26.0 Å². The number of ether oxygens (including phenoxy) is 2. The molecule has 1 fully saturated rings. The minimum atomic E-state index is -0.145. The lowest BCUT2D eigenvalue weighted by atomic mass is 9.79. The molecule has 0 aliphatic carbocycles. The molecular formula is C11H19NO2. The molecule has 1 rings (SSSR count). The summed E-state index contributed by atoms with van der Waals surface area (Å²) < 4.78 is 11.0. The first-order valence-electron chi connectivity index (χ1n) is 5.13. The van der Waals surface area contributed by atoms with Gasteiger partial charge in [-0.15, -0.1) is 0 Å². The third-order valence-corrected chi connectivity index (χ3v) is 3.49. The van der Waals surface area contributed by atoms with Crippen LogP contribution < -0.4 is 0 Å². The van der Waals surface area contributed by atoms with Gasteiger partial charge in [-0.2, -0.15) is 0 Å². The molecule has 1 heterocycles. The third-order valence-electron chi connectivity index (χ3n) is 3.49. The highest BCUT2D eigenvalue weighted by atomic mass is 16.7. The molecule has 3 heteroatoms. The maximum absolute atomic E-state index is 6.87. The number of hydrogen-bond acceptors (Lipinski definition) is 2. The van der Waals surface area contributed by atoms with Gasteiger partial charge in [-0.05, 0) is 11.8 Å². The molecule has 0 radical (unpaired) electrons. The zero-order valence-corrected chi connectivity index (χ0v) is 9.36. The molecule has 1 aliphatic rings. The van der Waals surface area contributed by atoms with Crippen LogP contribution in [0.3, 0.4) is 0 Å². The Morgan fingerprint density at radius 3 is 2.36 bits per heavy atom. The molecule has 0 bridgehead atoms. The van der Waals surface area contributed by atoms with E-state index in [1.807, 2.05) is 0 Å². The summed E-state index contributed by atoms with van der Waals surface area (Å²) in [6.07, 6.45) is -0.114. The lowest BCUT2D eigenvalue weighted by molar-refractivity contribution is -0.233. The highest BCUT2D eigenvalue weighted by Crippen LogP contribution is 2.35. The summed E-state index contributed by atoms with van der Waals surface area (Å²) in [5.74, 6) is 1.38. The van der Waals surface area contributed by atoms with Crippen LogP contribution in [0.25, 0.3) is 4.85 Å². The normalized spacial score (nSPS) is 43.2. The van der Waals surface area contributed by atoms with Crippen LogP contribution in [0.1, 0.15) is 20.8 Å². The molecule has 5 atom stereocenters. The fraction of sp³-hybridized carbons (Fsp3) is 0.909. The summed E-state index contributed by atoms with van der Waals surface area (Å²) in [7, 11) is 1.67. The number of nitrogens with zero attached hydrogens (tertiary/aromatic N) is 1. The predicted octanol–water partition coefficient (Wildman–Crippen LogP) is 2.19. The first-order valence-corrected chi connectivity index (χ1v) is 5.13. The second kappa shape index (κ2) is 4.77. The highest BCUT2D eigenvalue weighted by Gasteiger charge is 2.40. The molecule has 0 aromatic carbocycles. The van der Waals surface area contributed by atoms with Crippen molar-refractivity contribution in [3.63, 3.8) is 0 Å². The van der Waals surface area contributed by atoms with Crippen molar-refractivity contribution in [2.75, 3.05) is 13.7 Å². The first kappa shape index (κ1) is 11.5. The quantitative estimate of drug-likeness (QED) is 0.633. The van der Waals surface area contributed by atoms with Crippen molar-refractivity contribution in [2.45, 2.75) is 33.2 Å². The largest absolute Gasteiger partial charge is 0.356 e. The van der Waals surface area contributed by atoms with E-state index in [1.54, 1.807) is 7.11 Å². The smallest absolute Gasteiger partial charge is 0.240 e. The molecule has 1 saturated heterocycles. The van der Waals surface area contributed by atoms with Gasteiger partial charge in [0.2, 0.25) is 6.54 Å². The van der Waals surface area contributed by atoms with Crippen molar-refractivity contribution in [1.82, 2.24) is 0 Å². The summed E-state index contributed by atoms with van der Waals surface area (Å²) in [5.41, 5.74) is 0. The Bertz CT molecular complexity index is 222. The molecule has 1 aliphatic heterocycles. The van der Waals surface area contributed by atoms with Crippen LogP contribution in [0, 0.1) is 24.3 Å². The van der Waals surface area contributed by atoms with Crippen LogP contribution >= 0.6 is 0 Å². The van der Waals surface area contributed by atoms with E-state index in [1.165, 1.54) is 0 Å². The second-order valence-electron chi connectivity index (χ2n) is 4.20. The standard InChI is InChI=1S/C11H19NO2/c1-7-8(2)10(6-12-4)14-11(13-5)9(7)3/h7-11H,6H2,1-3,5H3/t7-,8?,9-,10?,11+/m0/s1. The minimum absolute atomic E-state index is 0.0312. The predicted molar refractivity (Wildman–Crippen MR) is 54.6 cm³/mol. The summed E-state index contributed by atoms with van der Waals surface area (Å²) in [6, 6.07) is 0.